The van der Waals surface area contributed by atoms with Gasteiger partial charge in [-0.2, -0.15) is 13.2 Å². The summed E-state index contributed by atoms with van der Waals surface area (Å²) in [6.45, 7) is 0.932. The lowest BCUT2D eigenvalue weighted by molar-refractivity contribution is -0.154. The van der Waals surface area contributed by atoms with Crippen LogP contribution in [0.15, 0.2) is 36.5 Å². The molecule has 0 atom stereocenters. The van der Waals surface area contributed by atoms with E-state index in [0.29, 0.717) is 5.56 Å². The summed E-state index contributed by atoms with van der Waals surface area (Å²) < 4.78 is 40.6. The number of carbonyl (C=O) groups is 1. The predicted molar refractivity (Wildman–Crippen MR) is 83.8 cm³/mol. The third-order valence-corrected chi connectivity index (χ3v) is 3.01. The average Bonchev–Trinajstić information content (AvgIpc) is 2.56. The van der Waals surface area contributed by atoms with Crippen LogP contribution < -0.4 is 15.4 Å². The largest absolute Gasteiger partial charge is 0.468 e. The summed E-state index contributed by atoms with van der Waals surface area (Å²) in [4.78, 5) is 19.8. The topological polar surface area (TPSA) is 76.1 Å². The van der Waals surface area contributed by atoms with E-state index in [4.69, 9.17) is 0 Å². The van der Waals surface area contributed by atoms with Gasteiger partial charge < -0.3 is 15.4 Å². The quantitative estimate of drug-likeness (QED) is 0.836. The van der Waals surface area contributed by atoms with Crippen LogP contribution in [-0.2, 0) is 13.1 Å². The van der Waals surface area contributed by atoms with Crippen LogP contribution in [0.2, 0.25) is 0 Å². The molecule has 0 aliphatic heterocycles. The minimum atomic E-state index is -4.41. The molecule has 0 unspecified atom stereocenters. The number of urea groups is 1. The van der Waals surface area contributed by atoms with Crippen LogP contribution in [0.25, 0.3) is 0 Å². The summed E-state index contributed by atoms with van der Waals surface area (Å²) in [7, 11) is 0. The van der Waals surface area contributed by atoms with E-state index in [1.165, 1.54) is 18.3 Å². The van der Waals surface area contributed by atoms with Crippen molar-refractivity contribution >= 4 is 6.03 Å². The molecule has 2 rings (SSSR count). The van der Waals surface area contributed by atoms with Crippen LogP contribution in [0.4, 0.5) is 18.0 Å². The molecule has 0 aliphatic carbocycles. The molecule has 25 heavy (non-hydrogen) atoms. The lowest BCUT2D eigenvalue weighted by Gasteiger charge is -2.09. The molecular formula is C16H17F3N4O2. The second-order valence-corrected chi connectivity index (χ2v) is 5.22. The van der Waals surface area contributed by atoms with Gasteiger partial charge in [-0.05, 0) is 24.6 Å². The van der Waals surface area contributed by atoms with Crippen molar-refractivity contribution in [2.45, 2.75) is 26.2 Å². The Morgan fingerprint density at radius 2 is 1.92 bits per heavy atom. The Hall–Kier alpha value is -2.84. The second kappa shape index (κ2) is 8.32. The normalized spacial score (nSPS) is 11.0. The lowest BCUT2D eigenvalue weighted by atomic mass is 10.3. The number of aromatic nitrogens is 2. The first-order valence-corrected chi connectivity index (χ1v) is 7.40. The predicted octanol–water partition coefficient (Wildman–Crippen LogP) is 2.73. The lowest BCUT2D eigenvalue weighted by Crippen LogP contribution is -2.34. The molecule has 0 radical (unpaired) electrons. The van der Waals surface area contributed by atoms with Crippen molar-refractivity contribution in [3.63, 3.8) is 0 Å². The molecule has 0 bridgehead atoms. The Balaban J connectivity index is 1.74. The van der Waals surface area contributed by atoms with Crippen LogP contribution in [0.3, 0.4) is 0 Å². The number of nitrogens with one attached hydrogen (secondary N) is 2. The van der Waals surface area contributed by atoms with Gasteiger partial charge in [-0.1, -0.05) is 12.1 Å². The van der Waals surface area contributed by atoms with Crippen LogP contribution in [0, 0.1) is 6.92 Å². The van der Waals surface area contributed by atoms with E-state index in [0.717, 1.165) is 11.4 Å². The third-order valence-electron chi connectivity index (χ3n) is 3.01. The highest BCUT2D eigenvalue weighted by atomic mass is 19.4. The smallest absolute Gasteiger partial charge is 0.422 e. The van der Waals surface area contributed by atoms with Gasteiger partial charge in [0.1, 0.15) is 0 Å². The number of nitrogens with zero attached hydrogens (tertiary/aromatic N) is 2. The molecular weight excluding hydrogens is 337 g/mol. The van der Waals surface area contributed by atoms with E-state index in [-0.39, 0.29) is 25.0 Å². The van der Waals surface area contributed by atoms with Crippen LogP contribution in [0.1, 0.15) is 17.0 Å². The van der Waals surface area contributed by atoms with Gasteiger partial charge in [0.15, 0.2) is 6.61 Å². The minimum absolute atomic E-state index is 0.129. The van der Waals surface area contributed by atoms with Gasteiger partial charge in [-0.3, -0.25) is 4.98 Å². The van der Waals surface area contributed by atoms with Crippen molar-refractivity contribution in [3.8, 4) is 5.88 Å². The molecule has 0 saturated carbocycles. The zero-order chi connectivity index (χ0) is 18.3. The summed E-state index contributed by atoms with van der Waals surface area (Å²) >= 11 is 0. The fourth-order valence-corrected chi connectivity index (χ4v) is 1.87. The van der Waals surface area contributed by atoms with Gasteiger partial charge in [-0.15, -0.1) is 0 Å². The average molecular weight is 354 g/mol. The van der Waals surface area contributed by atoms with E-state index < -0.39 is 12.8 Å². The van der Waals surface area contributed by atoms with Crippen LogP contribution in [0.5, 0.6) is 5.88 Å². The summed E-state index contributed by atoms with van der Waals surface area (Å²) in [6.07, 6.45) is -3.07. The molecule has 2 amide bonds. The molecule has 0 spiro atoms. The van der Waals surface area contributed by atoms with Crippen LogP contribution >= 0.6 is 0 Å². The highest BCUT2D eigenvalue weighted by Crippen LogP contribution is 2.16. The second-order valence-electron chi connectivity index (χ2n) is 5.22. The Labute approximate surface area is 142 Å². The standard InChI is InChI=1S/C16H17F3N4O2/c1-11-3-2-4-13(23-11)9-22-15(24)21-8-12-5-6-14(20-7-12)25-10-16(17,18)19/h2-7H,8-10H2,1H3,(H2,21,22,24). The number of amides is 2. The first-order chi connectivity index (χ1) is 11.8. The van der Waals surface area contributed by atoms with Gasteiger partial charge in [0, 0.05) is 24.5 Å². The van der Waals surface area contributed by atoms with Crippen molar-refractivity contribution in [1.29, 1.82) is 0 Å². The monoisotopic (exact) mass is 354 g/mol. The number of aryl methyl sites for hydroxylation is 1. The molecule has 0 fully saturated rings. The molecule has 134 valence electrons. The summed E-state index contributed by atoms with van der Waals surface area (Å²) in [5.41, 5.74) is 2.23. The molecule has 0 aromatic carbocycles. The highest BCUT2D eigenvalue weighted by Gasteiger charge is 2.28. The molecule has 0 aliphatic rings. The van der Waals surface area contributed by atoms with Crippen molar-refractivity contribution in [3.05, 3.63) is 53.5 Å². The number of halogens is 3. The van der Waals surface area contributed by atoms with E-state index in [9.17, 15) is 18.0 Å². The van der Waals surface area contributed by atoms with Gasteiger partial charge in [-0.25, -0.2) is 9.78 Å². The fraction of sp³-hybridized carbons (Fsp3) is 0.312. The zero-order valence-electron chi connectivity index (χ0n) is 13.4. The maximum Gasteiger partial charge on any atom is 0.422 e. The molecule has 2 aromatic rings. The number of hydrogen-bond donors (Lipinski definition) is 2. The van der Waals surface area contributed by atoms with Crippen molar-refractivity contribution in [2.24, 2.45) is 0 Å². The first-order valence-electron chi connectivity index (χ1n) is 7.40. The molecule has 2 heterocycles. The van der Waals surface area contributed by atoms with E-state index in [2.05, 4.69) is 25.3 Å². The number of pyridine rings is 2. The summed E-state index contributed by atoms with van der Waals surface area (Å²) in [6, 6.07) is 7.97. The fourth-order valence-electron chi connectivity index (χ4n) is 1.87. The highest BCUT2D eigenvalue weighted by molar-refractivity contribution is 5.73. The molecule has 2 N–H and O–H groups in total. The molecule has 6 nitrogen and oxygen atoms in total. The van der Waals surface area contributed by atoms with E-state index >= 15 is 0 Å². The molecule has 0 saturated heterocycles. The van der Waals surface area contributed by atoms with Crippen molar-refractivity contribution < 1.29 is 22.7 Å². The maximum atomic E-state index is 12.0. The Morgan fingerprint density at radius 1 is 1.16 bits per heavy atom. The zero-order valence-corrected chi connectivity index (χ0v) is 13.4. The SMILES string of the molecule is Cc1cccc(CNC(=O)NCc2ccc(OCC(F)(F)F)nc2)n1. The number of alkyl halides is 3. The van der Waals surface area contributed by atoms with Gasteiger partial charge in [0.25, 0.3) is 0 Å². The summed E-state index contributed by atoms with van der Waals surface area (Å²) in [5.74, 6) is -0.129. The van der Waals surface area contributed by atoms with E-state index in [1.807, 2.05) is 19.1 Å². The maximum absolute atomic E-state index is 12.0. The molecule has 2 aromatic heterocycles. The Kier molecular flexibility index (Phi) is 6.15. The molecule has 9 heteroatoms. The first kappa shape index (κ1) is 18.5. The van der Waals surface area contributed by atoms with Gasteiger partial charge in [0.05, 0.1) is 12.2 Å². The van der Waals surface area contributed by atoms with Gasteiger partial charge in [0.2, 0.25) is 5.88 Å². The summed E-state index contributed by atoms with van der Waals surface area (Å²) in [5, 5.41) is 5.28. The Morgan fingerprint density at radius 3 is 2.56 bits per heavy atom. The number of ether oxygens (including phenoxy) is 1. The van der Waals surface area contributed by atoms with Crippen molar-refractivity contribution in [1.82, 2.24) is 20.6 Å². The van der Waals surface area contributed by atoms with Crippen molar-refractivity contribution in [2.75, 3.05) is 6.61 Å². The Bertz CT molecular complexity index is 705. The van der Waals surface area contributed by atoms with Crippen LogP contribution in [-0.4, -0.2) is 28.8 Å². The third kappa shape index (κ3) is 7.06. The number of rotatable bonds is 6. The minimum Gasteiger partial charge on any atom is -0.468 e. The number of hydrogen-bond acceptors (Lipinski definition) is 4. The van der Waals surface area contributed by atoms with E-state index in [1.54, 1.807) is 6.07 Å². The number of carbonyl (C=O) groups excluding carboxylic acids is 1. The van der Waals surface area contributed by atoms with Gasteiger partial charge >= 0.3 is 12.2 Å².